The van der Waals surface area contributed by atoms with Gasteiger partial charge in [-0.2, -0.15) is 0 Å². The third kappa shape index (κ3) is 3.77. The predicted octanol–water partition coefficient (Wildman–Crippen LogP) is 4.97. The maximum absolute atomic E-state index is 13.6. The fourth-order valence-electron chi connectivity index (χ4n) is 3.18. The molecule has 2 heterocycles. The highest BCUT2D eigenvalue weighted by Gasteiger charge is 2.20. The maximum atomic E-state index is 13.6. The van der Waals surface area contributed by atoms with Gasteiger partial charge in [-0.1, -0.05) is 24.3 Å². The van der Waals surface area contributed by atoms with Gasteiger partial charge in [0.1, 0.15) is 13.0 Å². The first-order valence-electron chi connectivity index (χ1n) is 9.12. The van der Waals surface area contributed by atoms with Gasteiger partial charge < -0.3 is 10.6 Å². The highest BCUT2D eigenvalue weighted by Crippen LogP contribution is 2.28. The molecule has 0 aliphatic carbocycles. The molecule has 0 radical (unpaired) electrons. The molecule has 0 spiro atoms. The molecule has 0 bridgehead atoms. The van der Waals surface area contributed by atoms with Gasteiger partial charge in [0.05, 0.1) is 21.3 Å². The molecule has 0 atom stereocenters. The van der Waals surface area contributed by atoms with Gasteiger partial charge in [0.25, 0.3) is 11.8 Å². The Kier molecular flexibility index (Phi) is 5.49. The van der Waals surface area contributed by atoms with Gasteiger partial charge in [-0.3, -0.25) is 9.59 Å². The number of anilines is 2. The van der Waals surface area contributed by atoms with Gasteiger partial charge in [-0.05, 0) is 36.2 Å². The summed E-state index contributed by atoms with van der Waals surface area (Å²) in [5.41, 5.74) is 2.97. The number of carbonyl (C=O) groups excluding carboxylic acids is 2. The smallest absolute Gasteiger partial charge is 0.258 e. The largest absolute Gasteiger partial charge is 0.322 e. The van der Waals surface area contributed by atoms with E-state index in [1.165, 1.54) is 23.7 Å². The number of hydrogen-bond acceptors (Lipinski definition) is 5. The number of nitrogens with zero attached hydrogens (tertiary/aromatic N) is 2. The lowest BCUT2D eigenvalue weighted by Crippen LogP contribution is -2.18. The van der Waals surface area contributed by atoms with Crippen molar-refractivity contribution in [2.45, 2.75) is 13.6 Å². The van der Waals surface area contributed by atoms with Crippen LogP contribution in [0, 0.1) is 6.92 Å². The van der Waals surface area contributed by atoms with E-state index < -0.39 is 12.6 Å². The number of rotatable bonds is 5. The number of para-hydroxylation sites is 1. The summed E-state index contributed by atoms with van der Waals surface area (Å²) in [5.74, 6) is -0.790. The van der Waals surface area contributed by atoms with Crippen LogP contribution >= 0.6 is 11.3 Å². The summed E-state index contributed by atoms with van der Waals surface area (Å²) in [4.78, 5) is 33.8. The molecular weight excluding hydrogens is 403 g/mol. The second-order valence-corrected chi connectivity index (χ2v) is 7.48. The van der Waals surface area contributed by atoms with Gasteiger partial charge in [0.2, 0.25) is 0 Å². The number of alkyl halides is 1. The standard InChI is InChI=1S/C22H17FN4O2S/c1-13-17(27-21(28)16-11-30-18-10-24-12-25-20(16)18)8-7-14(9-23)19(13)22(29)26-15-5-3-2-4-6-15/h2-8,10-12H,9H2,1H3,(H,26,29)(H,27,28). The molecule has 150 valence electrons. The average Bonchev–Trinajstić information content (AvgIpc) is 3.20. The monoisotopic (exact) mass is 420 g/mol. The first-order valence-corrected chi connectivity index (χ1v) is 10.00. The number of hydrogen-bond donors (Lipinski definition) is 2. The second-order valence-electron chi connectivity index (χ2n) is 6.57. The fraction of sp³-hybridized carbons (Fsp3) is 0.0909. The van der Waals surface area contributed by atoms with E-state index in [1.54, 1.807) is 48.8 Å². The molecule has 2 N–H and O–H groups in total. The molecule has 4 aromatic rings. The Balaban J connectivity index is 1.65. The summed E-state index contributed by atoms with van der Waals surface area (Å²) in [5, 5.41) is 7.30. The summed E-state index contributed by atoms with van der Waals surface area (Å²) in [7, 11) is 0. The van der Waals surface area contributed by atoms with Crippen molar-refractivity contribution in [2.24, 2.45) is 0 Å². The topological polar surface area (TPSA) is 84.0 Å². The summed E-state index contributed by atoms with van der Waals surface area (Å²) < 4.78 is 14.4. The zero-order valence-electron chi connectivity index (χ0n) is 16.0. The lowest BCUT2D eigenvalue weighted by Gasteiger charge is -2.15. The number of halogens is 1. The minimum Gasteiger partial charge on any atom is -0.322 e. The predicted molar refractivity (Wildman–Crippen MR) is 116 cm³/mol. The summed E-state index contributed by atoms with van der Waals surface area (Å²) in [6.45, 7) is 0.890. The molecule has 2 aromatic carbocycles. The average molecular weight is 420 g/mol. The molecule has 0 saturated heterocycles. The van der Waals surface area contributed by atoms with Crippen LogP contribution in [0.1, 0.15) is 31.8 Å². The number of nitrogens with one attached hydrogen (secondary N) is 2. The van der Waals surface area contributed by atoms with Crippen LogP contribution in [-0.4, -0.2) is 21.8 Å². The van der Waals surface area contributed by atoms with Crippen LogP contribution in [-0.2, 0) is 6.67 Å². The van der Waals surface area contributed by atoms with E-state index in [9.17, 15) is 14.0 Å². The van der Waals surface area contributed by atoms with Gasteiger partial charge in [0.15, 0.2) is 0 Å². The maximum Gasteiger partial charge on any atom is 0.258 e. The fourth-order valence-corrected chi connectivity index (χ4v) is 4.04. The van der Waals surface area contributed by atoms with Crippen LogP contribution in [0.3, 0.4) is 0 Å². The Morgan fingerprint density at radius 2 is 1.87 bits per heavy atom. The van der Waals surface area contributed by atoms with Crippen molar-refractivity contribution in [3.8, 4) is 0 Å². The Bertz CT molecular complexity index is 1240. The van der Waals surface area contributed by atoms with E-state index in [0.29, 0.717) is 28.0 Å². The highest BCUT2D eigenvalue weighted by molar-refractivity contribution is 7.17. The van der Waals surface area contributed by atoms with Gasteiger partial charge >= 0.3 is 0 Å². The van der Waals surface area contributed by atoms with E-state index >= 15 is 0 Å². The van der Waals surface area contributed by atoms with Crippen LogP contribution in [0.5, 0.6) is 0 Å². The zero-order chi connectivity index (χ0) is 21.1. The Labute approximate surface area is 175 Å². The van der Waals surface area contributed by atoms with Crippen molar-refractivity contribution in [3.05, 3.63) is 82.6 Å². The van der Waals surface area contributed by atoms with E-state index in [2.05, 4.69) is 20.6 Å². The van der Waals surface area contributed by atoms with Crippen molar-refractivity contribution < 1.29 is 14.0 Å². The molecule has 2 amide bonds. The normalized spacial score (nSPS) is 10.7. The first kappa shape index (κ1) is 19.7. The molecular formula is C22H17FN4O2S. The highest BCUT2D eigenvalue weighted by atomic mass is 32.1. The Morgan fingerprint density at radius 1 is 1.07 bits per heavy atom. The third-order valence-electron chi connectivity index (χ3n) is 4.68. The minimum absolute atomic E-state index is 0.205. The number of thiophene rings is 1. The molecule has 0 unspecified atom stereocenters. The summed E-state index contributed by atoms with van der Waals surface area (Å²) in [6, 6.07) is 12.0. The van der Waals surface area contributed by atoms with E-state index in [1.807, 2.05) is 6.07 Å². The molecule has 0 aliphatic heterocycles. The van der Waals surface area contributed by atoms with Crippen molar-refractivity contribution in [1.29, 1.82) is 0 Å². The summed E-state index contributed by atoms with van der Waals surface area (Å²) >= 11 is 1.37. The van der Waals surface area contributed by atoms with Gasteiger partial charge in [-0.15, -0.1) is 11.3 Å². The van der Waals surface area contributed by atoms with Crippen LogP contribution in [0.25, 0.3) is 10.2 Å². The number of amides is 2. The SMILES string of the molecule is Cc1c(NC(=O)c2csc3cncnc23)ccc(CF)c1C(=O)Nc1ccccc1. The Morgan fingerprint density at radius 3 is 2.63 bits per heavy atom. The Hall–Kier alpha value is -3.65. The van der Waals surface area contributed by atoms with E-state index in [0.717, 1.165) is 4.70 Å². The zero-order valence-corrected chi connectivity index (χ0v) is 16.8. The second kappa shape index (κ2) is 8.38. The minimum atomic E-state index is -0.793. The number of aromatic nitrogens is 2. The molecule has 0 saturated carbocycles. The molecule has 8 heteroatoms. The van der Waals surface area contributed by atoms with Crippen LogP contribution < -0.4 is 10.6 Å². The molecule has 0 aliphatic rings. The summed E-state index contributed by atoms with van der Waals surface area (Å²) in [6.07, 6.45) is 3.04. The van der Waals surface area contributed by atoms with Gasteiger partial charge in [0, 0.05) is 23.0 Å². The van der Waals surface area contributed by atoms with Crippen LogP contribution in [0.4, 0.5) is 15.8 Å². The van der Waals surface area contributed by atoms with E-state index in [-0.39, 0.29) is 17.0 Å². The molecule has 0 fully saturated rings. The number of fused-ring (bicyclic) bond motifs is 1. The molecule has 6 nitrogen and oxygen atoms in total. The van der Waals surface area contributed by atoms with Crippen molar-refractivity contribution in [3.63, 3.8) is 0 Å². The van der Waals surface area contributed by atoms with Crippen molar-refractivity contribution in [2.75, 3.05) is 10.6 Å². The molecule has 2 aromatic heterocycles. The lowest BCUT2D eigenvalue weighted by molar-refractivity contribution is 0.101. The number of benzene rings is 2. The van der Waals surface area contributed by atoms with Crippen molar-refractivity contribution in [1.82, 2.24) is 9.97 Å². The van der Waals surface area contributed by atoms with Gasteiger partial charge in [-0.25, -0.2) is 14.4 Å². The van der Waals surface area contributed by atoms with Crippen LogP contribution in [0.2, 0.25) is 0 Å². The van der Waals surface area contributed by atoms with Crippen molar-refractivity contribution >= 4 is 44.7 Å². The quantitative estimate of drug-likeness (QED) is 0.477. The third-order valence-corrected chi connectivity index (χ3v) is 5.59. The molecule has 4 rings (SSSR count). The first-order chi connectivity index (χ1) is 14.6. The van der Waals surface area contributed by atoms with E-state index in [4.69, 9.17) is 0 Å². The number of carbonyl (C=O) groups is 2. The van der Waals surface area contributed by atoms with Crippen LogP contribution in [0.15, 0.2) is 60.4 Å². The molecule has 30 heavy (non-hydrogen) atoms. The lowest BCUT2D eigenvalue weighted by atomic mass is 9.99.